The fourth-order valence-corrected chi connectivity index (χ4v) is 19.5. The summed E-state index contributed by atoms with van der Waals surface area (Å²) in [5.74, 6) is 0. The van der Waals surface area contributed by atoms with E-state index < -0.39 is 16.5 Å². The Bertz CT molecular complexity index is 310. The van der Waals surface area contributed by atoms with Gasteiger partial charge >= 0.3 is 0 Å². The maximum atomic E-state index is 4.12. The highest BCUT2D eigenvalue weighted by molar-refractivity contribution is 6.98. The zero-order valence-corrected chi connectivity index (χ0v) is 14.9. The van der Waals surface area contributed by atoms with Crippen molar-refractivity contribution >= 4 is 16.5 Å². The number of hydrogen-bond donors (Lipinski definition) is 0. The Hall–Kier alpha value is -0.646. The van der Waals surface area contributed by atoms with Gasteiger partial charge in [0.15, 0.2) is 0 Å². The van der Waals surface area contributed by atoms with Gasteiger partial charge in [-0.15, -0.1) is 26.3 Å². The third-order valence-corrected chi connectivity index (χ3v) is 17.3. The number of rotatable bonds is 10. The summed E-state index contributed by atoms with van der Waals surface area (Å²) in [6.07, 6.45) is 9.54. The van der Waals surface area contributed by atoms with E-state index >= 15 is 0 Å². The molecule has 0 bridgehead atoms. The van der Waals surface area contributed by atoms with Gasteiger partial charge in [-0.1, -0.05) is 31.2 Å². The molecule has 1 rings (SSSR count). The fourth-order valence-electron chi connectivity index (χ4n) is 3.96. The first-order chi connectivity index (χ1) is 9.64. The van der Waals surface area contributed by atoms with Gasteiger partial charge in [-0.05, 0) is 49.2 Å². The minimum Gasteiger partial charge on any atom is -0.344 e. The van der Waals surface area contributed by atoms with Crippen molar-refractivity contribution in [2.45, 2.75) is 42.7 Å². The molecule has 1 aliphatic rings. The summed E-state index contributed by atoms with van der Waals surface area (Å²) in [4.78, 5) is 0. The van der Waals surface area contributed by atoms with Gasteiger partial charge in [-0.3, -0.25) is 0 Å². The minimum absolute atomic E-state index is 0.992. The van der Waals surface area contributed by atoms with E-state index in [2.05, 4.69) is 61.8 Å². The molecule has 0 aliphatic carbocycles. The van der Waals surface area contributed by atoms with Gasteiger partial charge in [0.1, 0.15) is 16.5 Å². The van der Waals surface area contributed by atoms with Crippen LogP contribution in [0.3, 0.4) is 0 Å². The summed E-state index contributed by atoms with van der Waals surface area (Å²) in [6.45, 7) is 21.3. The quantitative estimate of drug-likeness (QED) is 0.398. The smallest absolute Gasteiger partial charge is 0.129 e. The van der Waals surface area contributed by atoms with E-state index in [4.69, 9.17) is 0 Å². The van der Waals surface area contributed by atoms with E-state index in [1.54, 1.807) is 0 Å². The van der Waals surface area contributed by atoms with Crippen molar-refractivity contribution < 1.29 is 0 Å². The third kappa shape index (κ3) is 3.33. The zero-order valence-electron chi connectivity index (χ0n) is 12.9. The maximum Gasteiger partial charge on any atom is 0.129 e. The van der Waals surface area contributed by atoms with Gasteiger partial charge in [0, 0.05) is 0 Å². The van der Waals surface area contributed by atoms with Crippen molar-refractivity contribution in [2.75, 3.05) is 6.54 Å². The predicted molar refractivity (Wildman–Crippen MR) is 97.8 cm³/mol. The van der Waals surface area contributed by atoms with Crippen LogP contribution in [0.5, 0.6) is 0 Å². The van der Waals surface area contributed by atoms with E-state index in [1.807, 2.05) is 0 Å². The van der Waals surface area contributed by atoms with Gasteiger partial charge in [0.05, 0.1) is 0 Å². The lowest BCUT2D eigenvalue weighted by molar-refractivity contribution is 0.615. The van der Waals surface area contributed by atoms with Gasteiger partial charge in [0.2, 0.25) is 0 Å². The fraction of sp³-hybridized carbons (Fsp3) is 0.471. The molecule has 1 nitrogen and oxygen atoms in total. The van der Waals surface area contributed by atoms with Crippen LogP contribution in [-0.2, 0) is 0 Å². The van der Waals surface area contributed by atoms with Gasteiger partial charge in [0.25, 0.3) is 0 Å². The molecule has 0 N–H and O–H groups in total. The topological polar surface area (TPSA) is 3.24 Å². The Balaban J connectivity index is 3.19. The first-order valence-corrected chi connectivity index (χ1v) is 12.8. The molecule has 0 atom stereocenters. The molecule has 1 saturated heterocycles. The van der Waals surface area contributed by atoms with Crippen LogP contribution in [0.1, 0.15) is 6.42 Å². The van der Waals surface area contributed by atoms with Gasteiger partial charge in [-0.25, -0.2) is 0 Å². The summed E-state index contributed by atoms with van der Waals surface area (Å²) >= 11 is 0. The average Bonchev–Trinajstić information content (AvgIpc) is 2.69. The van der Waals surface area contributed by atoms with Crippen molar-refractivity contribution in [1.29, 1.82) is 0 Å². The highest BCUT2D eigenvalue weighted by Crippen LogP contribution is 2.46. The lowest BCUT2D eigenvalue weighted by atomic mass is 10.5. The summed E-state index contributed by atoms with van der Waals surface area (Å²) in [5, 5.41) is 0. The van der Waals surface area contributed by atoms with Crippen molar-refractivity contribution in [1.82, 2.24) is 4.23 Å². The summed E-state index contributed by atoms with van der Waals surface area (Å²) in [6, 6.07) is 7.51. The number of hydrogen-bond acceptors (Lipinski definition) is 1. The highest BCUT2D eigenvalue weighted by atomic mass is 28.4. The lowest BCUT2D eigenvalue weighted by Crippen LogP contribution is -2.60. The van der Waals surface area contributed by atoms with E-state index in [0.717, 1.165) is 13.0 Å². The zero-order chi connectivity index (χ0) is 15.1. The Kier molecular flexibility index (Phi) is 6.93. The van der Waals surface area contributed by atoms with Crippen LogP contribution in [0.2, 0.25) is 36.3 Å². The molecule has 0 spiro atoms. The van der Waals surface area contributed by atoms with Gasteiger partial charge in [-0.2, -0.15) is 0 Å². The molecule has 20 heavy (non-hydrogen) atoms. The molecule has 0 aromatic rings. The van der Waals surface area contributed by atoms with Crippen molar-refractivity contribution in [3.05, 3.63) is 57.5 Å². The molecule has 1 fully saturated rings. The van der Waals surface area contributed by atoms with Gasteiger partial charge < -0.3 is 4.23 Å². The molecule has 3 heteroatoms. The van der Waals surface area contributed by atoms with Crippen LogP contribution in [0.15, 0.2) is 50.6 Å². The van der Waals surface area contributed by atoms with Crippen LogP contribution < -0.4 is 0 Å². The Morgan fingerprint density at radius 3 is 1.35 bits per heavy atom. The van der Waals surface area contributed by atoms with Crippen LogP contribution in [0, 0.1) is 6.92 Å². The van der Waals surface area contributed by atoms with Crippen molar-refractivity contribution in [2.24, 2.45) is 0 Å². The number of allylic oxidation sites excluding steroid dienone is 4. The SMILES string of the molecule is [CH2]CCN1[Si](CC=C)(CC=C)CC[Si]1(CC=C)CC=C. The van der Waals surface area contributed by atoms with Crippen LogP contribution >= 0.6 is 0 Å². The minimum atomic E-state index is -1.47. The Morgan fingerprint density at radius 1 is 0.750 bits per heavy atom. The molecule has 1 heterocycles. The largest absolute Gasteiger partial charge is 0.344 e. The molecule has 1 aliphatic heterocycles. The summed E-state index contributed by atoms with van der Waals surface area (Å²) < 4.78 is 2.94. The molecule has 0 unspecified atom stereocenters. The van der Waals surface area contributed by atoms with Crippen molar-refractivity contribution in [3.63, 3.8) is 0 Å². The molecule has 1 radical (unpaired) electrons. The molecule has 0 saturated carbocycles. The average molecular weight is 305 g/mol. The molecule has 0 amide bonds. The van der Waals surface area contributed by atoms with E-state index in [9.17, 15) is 0 Å². The lowest BCUT2D eigenvalue weighted by Gasteiger charge is -2.45. The molecule has 0 aromatic carbocycles. The monoisotopic (exact) mass is 304 g/mol. The van der Waals surface area contributed by atoms with Crippen LogP contribution in [0.25, 0.3) is 0 Å². The van der Waals surface area contributed by atoms with Crippen LogP contribution in [-0.4, -0.2) is 27.2 Å². The van der Waals surface area contributed by atoms with E-state index in [1.165, 1.54) is 36.3 Å². The first kappa shape index (κ1) is 17.4. The number of nitrogens with zero attached hydrogens (tertiary/aromatic N) is 1. The second-order valence-corrected chi connectivity index (χ2v) is 15.0. The van der Waals surface area contributed by atoms with Crippen LogP contribution in [0.4, 0.5) is 0 Å². The molecular weight excluding hydrogens is 274 g/mol. The summed E-state index contributed by atoms with van der Waals surface area (Å²) in [5.41, 5.74) is 0. The Labute approximate surface area is 127 Å². The van der Waals surface area contributed by atoms with E-state index in [-0.39, 0.29) is 0 Å². The highest BCUT2D eigenvalue weighted by Gasteiger charge is 2.54. The Morgan fingerprint density at radius 2 is 1.10 bits per heavy atom. The van der Waals surface area contributed by atoms with E-state index in [0.29, 0.717) is 0 Å². The normalized spacial score (nSPS) is 20.4. The molecule has 0 aromatic heterocycles. The predicted octanol–water partition coefficient (Wildman–Crippen LogP) is 5.16. The summed E-state index contributed by atoms with van der Waals surface area (Å²) in [7, 11) is -2.94. The second-order valence-electron chi connectivity index (χ2n) is 5.93. The molecular formula is C17H30NSi2. The first-order valence-electron chi connectivity index (χ1n) is 7.65. The maximum absolute atomic E-state index is 4.12. The standard InChI is InChI=1S/C17H30NSi2/c1-6-11-18-19(12-7-2,13-8-3)16-17-20(18,14-9-4)15-10-5/h7-10H,1-6,11-17H2. The third-order valence-electron chi connectivity index (χ3n) is 4.68. The molecule has 111 valence electrons. The van der Waals surface area contributed by atoms with Crippen molar-refractivity contribution in [3.8, 4) is 0 Å². The second kappa shape index (κ2) is 7.96.